The standard InChI is InChI=1S/C27H29N5O4/c1-16(33)21-12-22(15-29-14-21)30-26(34)20-4-2-3-19(11-20)25(18-7-9-28-10-8-18)31-27(35)23-13-24(36-32-23)17-5-6-17/h2-4,11-15,17-18,25,28H,5-10H2,1H3,(H,30,34)(H,31,35). The Hall–Kier alpha value is -3.85. The summed E-state index contributed by atoms with van der Waals surface area (Å²) in [6, 6.07) is 10.3. The van der Waals surface area contributed by atoms with E-state index in [4.69, 9.17) is 4.52 Å². The maximum absolute atomic E-state index is 13.1. The highest BCUT2D eigenvalue weighted by Crippen LogP contribution is 2.40. The second-order valence-corrected chi connectivity index (χ2v) is 9.53. The number of nitrogens with zero attached hydrogens (tertiary/aromatic N) is 2. The van der Waals surface area contributed by atoms with Crippen LogP contribution < -0.4 is 16.0 Å². The lowest BCUT2D eigenvalue weighted by Gasteiger charge is -2.31. The molecule has 1 unspecified atom stereocenters. The topological polar surface area (TPSA) is 126 Å². The van der Waals surface area contributed by atoms with Crippen molar-refractivity contribution in [3.8, 4) is 0 Å². The molecule has 9 nitrogen and oxygen atoms in total. The van der Waals surface area contributed by atoms with Crippen LogP contribution in [0, 0.1) is 5.92 Å². The quantitative estimate of drug-likeness (QED) is 0.412. The third-order valence-corrected chi connectivity index (χ3v) is 6.79. The van der Waals surface area contributed by atoms with Gasteiger partial charge in [-0.15, -0.1) is 0 Å². The van der Waals surface area contributed by atoms with Gasteiger partial charge in [-0.1, -0.05) is 17.3 Å². The van der Waals surface area contributed by atoms with E-state index in [2.05, 4.69) is 26.1 Å². The minimum atomic E-state index is -0.319. The molecule has 0 radical (unpaired) electrons. The first-order valence-electron chi connectivity index (χ1n) is 12.3. The molecule has 1 aliphatic heterocycles. The SMILES string of the molecule is CC(=O)c1cncc(NC(=O)c2cccc(C(NC(=O)c3cc(C4CC4)on3)C3CCNCC3)c2)c1. The Bertz CT molecular complexity index is 1280. The van der Waals surface area contributed by atoms with Gasteiger partial charge in [0, 0.05) is 29.3 Å². The fraction of sp³-hybridized carbons (Fsp3) is 0.370. The van der Waals surface area contributed by atoms with Crippen LogP contribution in [0.4, 0.5) is 5.69 Å². The Morgan fingerprint density at radius 1 is 1.00 bits per heavy atom. The summed E-state index contributed by atoms with van der Waals surface area (Å²) >= 11 is 0. The van der Waals surface area contributed by atoms with E-state index in [0.29, 0.717) is 22.7 Å². The zero-order valence-electron chi connectivity index (χ0n) is 20.1. The molecule has 2 amide bonds. The molecule has 2 fully saturated rings. The van der Waals surface area contributed by atoms with E-state index in [-0.39, 0.29) is 35.3 Å². The third kappa shape index (κ3) is 5.52. The van der Waals surface area contributed by atoms with Gasteiger partial charge in [0.15, 0.2) is 11.5 Å². The van der Waals surface area contributed by atoms with Crippen LogP contribution in [0.1, 0.15) is 87.1 Å². The molecule has 1 saturated heterocycles. The highest BCUT2D eigenvalue weighted by molar-refractivity contribution is 6.05. The van der Waals surface area contributed by atoms with Gasteiger partial charge < -0.3 is 20.5 Å². The fourth-order valence-corrected chi connectivity index (χ4v) is 4.60. The summed E-state index contributed by atoms with van der Waals surface area (Å²) in [5, 5.41) is 13.3. The Morgan fingerprint density at radius 3 is 2.56 bits per heavy atom. The summed E-state index contributed by atoms with van der Waals surface area (Å²) in [4.78, 5) is 41.8. The van der Waals surface area contributed by atoms with Crippen molar-refractivity contribution in [3.63, 3.8) is 0 Å². The molecule has 0 bridgehead atoms. The van der Waals surface area contributed by atoms with Crippen molar-refractivity contribution >= 4 is 23.3 Å². The van der Waals surface area contributed by atoms with Gasteiger partial charge in [0.1, 0.15) is 5.76 Å². The van der Waals surface area contributed by atoms with E-state index in [1.807, 2.05) is 18.2 Å². The fourth-order valence-electron chi connectivity index (χ4n) is 4.60. The molecule has 3 N–H and O–H groups in total. The maximum Gasteiger partial charge on any atom is 0.273 e. The van der Waals surface area contributed by atoms with Crippen LogP contribution >= 0.6 is 0 Å². The van der Waals surface area contributed by atoms with Crippen LogP contribution in [0.25, 0.3) is 0 Å². The second kappa shape index (κ2) is 10.4. The Morgan fingerprint density at radius 2 is 1.81 bits per heavy atom. The zero-order valence-corrected chi connectivity index (χ0v) is 20.1. The van der Waals surface area contributed by atoms with Gasteiger partial charge in [0.05, 0.1) is 17.9 Å². The number of benzene rings is 1. The minimum absolute atomic E-state index is 0.127. The van der Waals surface area contributed by atoms with Crippen molar-refractivity contribution in [2.24, 2.45) is 5.92 Å². The van der Waals surface area contributed by atoms with Crippen molar-refractivity contribution < 1.29 is 18.9 Å². The number of hydrogen-bond acceptors (Lipinski definition) is 7. The summed E-state index contributed by atoms with van der Waals surface area (Å²) < 4.78 is 5.37. The van der Waals surface area contributed by atoms with Gasteiger partial charge in [-0.25, -0.2) is 0 Å². The minimum Gasteiger partial charge on any atom is -0.360 e. The van der Waals surface area contributed by atoms with Crippen LogP contribution in [0.5, 0.6) is 0 Å². The molecule has 1 aliphatic carbocycles. The van der Waals surface area contributed by atoms with Gasteiger partial charge in [-0.2, -0.15) is 0 Å². The lowest BCUT2D eigenvalue weighted by molar-refractivity contribution is 0.0904. The number of carbonyl (C=O) groups is 3. The lowest BCUT2D eigenvalue weighted by Crippen LogP contribution is -2.39. The summed E-state index contributed by atoms with van der Waals surface area (Å²) in [6.07, 6.45) is 6.90. The maximum atomic E-state index is 13.1. The van der Waals surface area contributed by atoms with Gasteiger partial charge in [-0.3, -0.25) is 19.4 Å². The summed E-state index contributed by atoms with van der Waals surface area (Å²) in [6.45, 7) is 3.19. The van der Waals surface area contributed by atoms with E-state index in [1.54, 1.807) is 18.2 Å². The molecular formula is C27H29N5O4. The number of amides is 2. The normalized spacial score (nSPS) is 16.8. The summed E-state index contributed by atoms with van der Waals surface area (Å²) in [5.41, 5.74) is 2.45. The van der Waals surface area contributed by atoms with Crippen molar-refractivity contribution in [1.29, 1.82) is 0 Å². The number of anilines is 1. The van der Waals surface area contributed by atoms with E-state index in [9.17, 15) is 14.4 Å². The van der Waals surface area contributed by atoms with E-state index in [1.165, 1.54) is 19.3 Å². The molecule has 186 valence electrons. The monoisotopic (exact) mass is 487 g/mol. The van der Waals surface area contributed by atoms with Gasteiger partial charge in [-0.05, 0) is 75.4 Å². The summed E-state index contributed by atoms with van der Waals surface area (Å²) in [5.74, 6) is 0.620. The molecule has 3 aromatic rings. The number of rotatable bonds is 8. The third-order valence-electron chi connectivity index (χ3n) is 6.79. The molecule has 3 heterocycles. The lowest BCUT2D eigenvalue weighted by atomic mass is 9.85. The number of carbonyl (C=O) groups excluding carboxylic acids is 3. The van der Waals surface area contributed by atoms with E-state index < -0.39 is 0 Å². The van der Waals surface area contributed by atoms with Gasteiger partial charge in [0.25, 0.3) is 11.8 Å². The van der Waals surface area contributed by atoms with Crippen LogP contribution in [0.15, 0.2) is 53.3 Å². The number of aromatic nitrogens is 2. The first kappa shape index (κ1) is 23.9. The Balaban J connectivity index is 1.36. The second-order valence-electron chi connectivity index (χ2n) is 9.53. The average Bonchev–Trinajstić information content (AvgIpc) is 3.63. The number of Topliss-reactive ketones (excluding diaryl/α,β-unsaturated/α-hetero) is 1. The number of ketones is 1. The zero-order chi connectivity index (χ0) is 25.1. The largest absolute Gasteiger partial charge is 0.360 e. The van der Waals surface area contributed by atoms with Crippen LogP contribution in [0.3, 0.4) is 0 Å². The molecule has 2 aliphatic rings. The predicted octanol–water partition coefficient (Wildman–Crippen LogP) is 3.87. The number of nitrogens with one attached hydrogen (secondary N) is 3. The number of hydrogen-bond donors (Lipinski definition) is 3. The molecule has 36 heavy (non-hydrogen) atoms. The average molecular weight is 488 g/mol. The molecule has 1 saturated carbocycles. The van der Waals surface area contributed by atoms with Crippen LogP contribution in [-0.2, 0) is 0 Å². The molecule has 1 aromatic carbocycles. The highest BCUT2D eigenvalue weighted by Gasteiger charge is 2.31. The molecular weight excluding hydrogens is 458 g/mol. The van der Waals surface area contributed by atoms with Crippen molar-refractivity contribution in [2.75, 3.05) is 18.4 Å². The van der Waals surface area contributed by atoms with Gasteiger partial charge in [0.2, 0.25) is 0 Å². The van der Waals surface area contributed by atoms with Crippen molar-refractivity contribution in [2.45, 2.75) is 44.6 Å². The highest BCUT2D eigenvalue weighted by atomic mass is 16.5. The van der Waals surface area contributed by atoms with Gasteiger partial charge >= 0.3 is 0 Å². The molecule has 2 aromatic heterocycles. The Labute approximate surface area is 209 Å². The molecule has 0 spiro atoms. The predicted molar refractivity (Wildman–Crippen MR) is 133 cm³/mol. The first-order valence-corrected chi connectivity index (χ1v) is 12.3. The van der Waals surface area contributed by atoms with Crippen LogP contribution in [-0.4, -0.2) is 40.8 Å². The van der Waals surface area contributed by atoms with Crippen molar-refractivity contribution in [1.82, 2.24) is 20.8 Å². The summed E-state index contributed by atoms with van der Waals surface area (Å²) in [7, 11) is 0. The van der Waals surface area contributed by atoms with E-state index in [0.717, 1.165) is 50.1 Å². The Kier molecular flexibility index (Phi) is 6.90. The molecule has 1 atom stereocenters. The van der Waals surface area contributed by atoms with Crippen molar-refractivity contribution in [3.05, 3.63) is 76.9 Å². The first-order chi connectivity index (χ1) is 17.5. The van der Waals surface area contributed by atoms with Crippen LogP contribution in [0.2, 0.25) is 0 Å². The smallest absolute Gasteiger partial charge is 0.273 e. The molecule has 5 rings (SSSR count). The van der Waals surface area contributed by atoms with E-state index >= 15 is 0 Å². The number of pyridine rings is 1. The molecule has 9 heteroatoms. The number of piperidine rings is 1.